The molecule has 0 aliphatic heterocycles. The number of carbonyl (C=O) groups excluding carboxylic acids is 2. The number of hydrogen-bond acceptors (Lipinski definition) is 8. The van der Waals surface area contributed by atoms with E-state index >= 15 is 0 Å². The molecule has 2 amide bonds. The Hall–Kier alpha value is -3.16. The Kier molecular flexibility index (Phi) is 6.28. The second-order valence-corrected chi connectivity index (χ2v) is 8.94. The first-order chi connectivity index (χ1) is 15.6. The fourth-order valence-corrected chi connectivity index (χ4v) is 4.46. The Balaban J connectivity index is 1.46. The fourth-order valence-electron chi connectivity index (χ4n) is 2.79. The molecule has 14 heteroatoms. The molecule has 0 saturated carbocycles. The number of hydrogen-bond donors (Lipinski definition) is 2. The van der Waals surface area contributed by atoms with Crippen LogP contribution in [0.25, 0.3) is 10.3 Å². The summed E-state index contributed by atoms with van der Waals surface area (Å²) in [5.41, 5.74) is 0.939. The Morgan fingerprint density at radius 1 is 1.12 bits per heavy atom. The molecule has 0 aliphatic carbocycles. The molecule has 0 fully saturated rings. The molecule has 2 N–H and O–H groups in total. The monoisotopic (exact) mass is 512 g/mol. The topological polar surface area (TPSA) is 110 Å². The van der Waals surface area contributed by atoms with Crippen molar-refractivity contribution in [1.29, 1.82) is 0 Å². The molecule has 4 rings (SSSR count). The van der Waals surface area contributed by atoms with E-state index in [2.05, 4.69) is 30.6 Å². The van der Waals surface area contributed by atoms with Crippen molar-refractivity contribution >= 4 is 62.1 Å². The molecular formula is C19H12ClF3N6O2S2. The van der Waals surface area contributed by atoms with Crippen molar-refractivity contribution in [3.05, 3.63) is 62.4 Å². The summed E-state index contributed by atoms with van der Waals surface area (Å²) in [4.78, 5) is 42.1. The van der Waals surface area contributed by atoms with E-state index in [-0.39, 0.29) is 16.3 Å². The minimum absolute atomic E-state index is 0.0657. The lowest BCUT2D eigenvalue weighted by Gasteiger charge is -2.11. The van der Waals surface area contributed by atoms with Gasteiger partial charge in [-0.15, -0.1) is 22.7 Å². The van der Waals surface area contributed by atoms with E-state index in [1.807, 2.05) is 0 Å². The Morgan fingerprint density at radius 3 is 2.67 bits per heavy atom. The number of anilines is 1. The predicted molar refractivity (Wildman–Crippen MR) is 118 cm³/mol. The number of benzene rings is 1. The van der Waals surface area contributed by atoms with Gasteiger partial charge in [0, 0.05) is 5.69 Å². The van der Waals surface area contributed by atoms with Crippen LogP contribution in [0.15, 0.2) is 36.2 Å². The third-order valence-electron chi connectivity index (χ3n) is 4.34. The SMILES string of the molecule is C[C@@H](NC(=O)c1ncnc2scnc12)c1ncc(C(=O)Nc2ccc(Cl)c(C(F)(F)F)c2)s1. The quantitative estimate of drug-likeness (QED) is 0.391. The Bertz CT molecular complexity index is 1360. The van der Waals surface area contributed by atoms with E-state index < -0.39 is 34.6 Å². The first-order valence-corrected chi connectivity index (χ1v) is 11.2. The average Bonchev–Trinajstić information content (AvgIpc) is 3.43. The van der Waals surface area contributed by atoms with Crippen molar-refractivity contribution < 1.29 is 22.8 Å². The van der Waals surface area contributed by atoms with Crippen LogP contribution < -0.4 is 10.6 Å². The van der Waals surface area contributed by atoms with Crippen LogP contribution in [0.3, 0.4) is 0 Å². The first kappa shape index (κ1) is 23.0. The Morgan fingerprint density at radius 2 is 1.91 bits per heavy atom. The van der Waals surface area contributed by atoms with Crippen LogP contribution in [0.2, 0.25) is 5.02 Å². The summed E-state index contributed by atoms with van der Waals surface area (Å²) in [5, 5.41) is 5.09. The van der Waals surface area contributed by atoms with Gasteiger partial charge < -0.3 is 10.6 Å². The van der Waals surface area contributed by atoms with Crippen LogP contribution >= 0.6 is 34.3 Å². The summed E-state index contributed by atoms with van der Waals surface area (Å²) in [6.45, 7) is 1.67. The van der Waals surface area contributed by atoms with Gasteiger partial charge in [0.1, 0.15) is 26.6 Å². The molecule has 170 valence electrons. The van der Waals surface area contributed by atoms with Gasteiger partial charge in [0.2, 0.25) is 0 Å². The summed E-state index contributed by atoms with van der Waals surface area (Å²) in [6.07, 6.45) is -2.11. The van der Waals surface area contributed by atoms with Gasteiger partial charge >= 0.3 is 6.18 Å². The second-order valence-electron chi connectivity index (χ2n) is 6.63. The molecule has 3 aromatic heterocycles. The van der Waals surface area contributed by atoms with Crippen LogP contribution in [0.5, 0.6) is 0 Å². The lowest BCUT2D eigenvalue weighted by molar-refractivity contribution is -0.137. The van der Waals surface area contributed by atoms with Crippen molar-refractivity contribution in [2.45, 2.75) is 19.1 Å². The van der Waals surface area contributed by atoms with Gasteiger partial charge in [0.05, 0.1) is 28.3 Å². The van der Waals surface area contributed by atoms with E-state index in [0.717, 1.165) is 23.5 Å². The van der Waals surface area contributed by atoms with Crippen molar-refractivity contribution in [1.82, 2.24) is 25.3 Å². The maximum atomic E-state index is 13.0. The molecule has 1 atom stereocenters. The van der Waals surface area contributed by atoms with Crippen LogP contribution in [-0.4, -0.2) is 31.8 Å². The maximum absolute atomic E-state index is 13.0. The number of thiazole rings is 2. The van der Waals surface area contributed by atoms with Gasteiger partial charge in [-0.3, -0.25) is 9.59 Å². The molecule has 1 aromatic carbocycles. The zero-order valence-corrected chi connectivity index (χ0v) is 18.9. The smallest absolute Gasteiger partial charge is 0.342 e. The number of amides is 2. The highest BCUT2D eigenvalue weighted by Gasteiger charge is 2.33. The van der Waals surface area contributed by atoms with Gasteiger partial charge in [-0.05, 0) is 25.1 Å². The van der Waals surface area contributed by atoms with Gasteiger partial charge in [0.25, 0.3) is 11.8 Å². The number of nitrogens with zero attached hydrogens (tertiary/aromatic N) is 4. The average molecular weight is 513 g/mol. The minimum Gasteiger partial charge on any atom is -0.342 e. The molecule has 0 aliphatic rings. The third-order valence-corrected chi connectivity index (χ3v) is 6.59. The molecular weight excluding hydrogens is 501 g/mol. The van der Waals surface area contributed by atoms with Crippen molar-refractivity contribution in [3.8, 4) is 0 Å². The highest BCUT2D eigenvalue weighted by Crippen LogP contribution is 2.36. The number of fused-ring (bicyclic) bond motifs is 1. The summed E-state index contributed by atoms with van der Waals surface area (Å²) in [7, 11) is 0. The predicted octanol–water partition coefficient (Wildman–Crippen LogP) is 4.96. The molecule has 0 spiro atoms. The van der Waals surface area contributed by atoms with Crippen LogP contribution in [0.4, 0.5) is 18.9 Å². The van der Waals surface area contributed by atoms with Crippen LogP contribution in [0, 0.1) is 0 Å². The molecule has 0 bridgehead atoms. The van der Waals surface area contributed by atoms with Crippen molar-refractivity contribution in [2.24, 2.45) is 0 Å². The summed E-state index contributed by atoms with van der Waals surface area (Å²) in [6, 6.07) is 2.51. The third kappa shape index (κ3) is 4.94. The van der Waals surface area contributed by atoms with Gasteiger partial charge in [0.15, 0.2) is 5.69 Å². The number of alkyl halides is 3. The van der Waals surface area contributed by atoms with Crippen molar-refractivity contribution in [3.63, 3.8) is 0 Å². The van der Waals surface area contributed by atoms with E-state index in [1.54, 1.807) is 12.4 Å². The number of aromatic nitrogens is 4. The highest BCUT2D eigenvalue weighted by molar-refractivity contribution is 7.16. The minimum atomic E-state index is -4.66. The van der Waals surface area contributed by atoms with Gasteiger partial charge in [-0.1, -0.05) is 11.6 Å². The number of nitrogens with one attached hydrogen (secondary N) is 2. The maximum Gasteiger partial charge on any atom is 0.417 e. The standard InChI is InChI=1S/C19H12ClF3N6O2S2/c1-8(28-16(31)13-14-18(26-6-25-13)32-7-27-14)17-24-5-12(33-17)15(30)29-9-2-3-11(20)10(4-9)19(21,22)23/h2-8H,1H3,(H,28,31)(H,29,30)/t8-/m1/s1. The molecule has 0 unspecified atom stereocenters. The molecule has 0 saturated heterocycles. The molecule has 4 aromatic rings. The molecule has 3 heterocycles. The van der Waals surface area contributed by atoms with Gasteiger partial charge in [-0.25, -0.2) is 19.9 Å². The highest BCUT2D eigenvalue weighted by atomic mass is 35.5. The molecule has 0 radical (unpaired) electrons. The molecule has 8 nitrogen and oxygen atoms in total. The lowest BCUT2D eigenvalue weighted by Crippen LogP contribution is -2.27. The van der Waals surface area contributed by atoms with E-state index in [0.29, 0.717) is 15.4 Å². The zero-order valence-electron chi connectivity index (χ0n) is 16.5. The lowest BCUT2D eigenvalue weighted by atomic mass is 10.2. The van der Waals surface area contributed by atoms with E-state index in [1.165, 1.54) is 29.9 Å². The number of halogens is 4. The van der Waals surface area contributed by atoms with Crippen LogP contribution in [-0.2, 0) is 6.18 Å². The zero-order chi connectivity index (χ0) is 23.8. The second kappa shape index (κ2) is 9.00. The van der Waals surface area contributed by atoms with E-state index in [4.69, 9.17) is 11.6 Å². The van der Waals surface area contributed by atoms with Crippen LogP contribution in [0.1, 0.15) is 43.7 Å². The Labute approximate surface area is 196 Å². The van der Waals surface area contributed by atoms with Crippen molar-refractivity contribution in [2.75, 3.05) is 5.32 Å². The summed E-state index contributed by atoms with van der Waals surface area (Å²) < 4.78 is 39.1. The largest absolute Gasteiger partial charge is 0.417 e. The summed E-state index contributed by atoms with van der Waals surface area (Å²) in [5.74, 6) is -1.13. The summed E-state index contributed by atoms with van der Waals surface area (Å²) >= 11 is 7.87. The first-order valence-electron chi connectivity index (χ1n) is 9.12. The number of rotatable bonds is 5. The normalized spacial score (nSPS) is 12.5. The fraction of sp³-hybridized carbons (Fsp3) is 0.158. The van der Waals surface area contributed by atoms with E-state index in [9.17, 15) is 22.8 Å². The number of carbonyl (C=O) groups is 2. The van der Waals surface area contributed by atoms with Gasteiger partial charge in [-0.2, -0.15) is 13.2 Å². The molecule has 33 heavy (non-hydrogen) atoms.